The molecule has 10 rings (SSSR count). The Morgan fingerprint density at radius 2 is 1.31 bits per heavy atom. The van der Waals surface area contributed by atoms with Crippen LogP contribution in [0.5, 0.6) is 0 Å². The molecule has 6 heteroatoms. The van der Waals surface area contributed by atoms with Crippen molar-refractivity contribution in [3.8, 4) is 39.5 Å². The number of imidazole rings is 1. The van der Waals surface area contributed by atoms with Crippen molar-refractivity contribution in [3.63, 3.8) is 0 Å². The summed E-state index contributed by atoms with van der Waals surface area (Å²) in [5.74, 6) is 1.59. The van der Waals surface area contributed by atoms with Gasteiger partial charge in [-0.3, -0.25) is 4.98 Å². The fourth-order valence-corrected chi connectivity index (χ4v) is 11.2. The van der Waals surface area contributed by atoms with Crippen molar-refractivity contribution in [1.29, 1.82) is 0 Å². The molecule has 0 atom stereocenters. The molecule has 3 heterocycles. The van der Waals surface area contributed by atoms with E-state index in [1.165, 1.54) is 69.6 Å². The molecule has 65 heavy (non-hydrogen) atoms. The largest absolute Gasteiger partial charge is 0.333 e. The summed E-state index contributed by atoms with van der Waals surface area (Å²) in [6, 6.07) is 59.2. The molecule has 0 saturated heterocycles. The molecule has 7 aromatic carbocycles. The molecule has 0 saturated carbocycles. The van der Waals surface area contributed by atoms with Gasteiger partial charge in [-0.1, -0.05) is 182 Å². The molecule has 0 N–H and O–H groups in total. The molecular formula is C59H57IrN3SSi-2. The van der Waals surface area contributed by atoms with Crippen molar-refractivity contribution in [3.05, 3.63) is 181 Å². The van der Waals surface area contributed by atoms with Gasteiger partial charge in [-0.05, 0) is 90.8 Å². The maximum atomic E-state index is 5.39. The number of pyridine rings is 1. The molecule has 3 aromatic heterocycles. The summed E-state index contributed by atoms with van der Waals surface area (Å²) in [6.45, 7) is 23.2. The van der Waals surface area contributed by atoms with E-state index in [1.54, 1.807) is 0 Å². The van der Waals surface area contributed by atoms with Crippen LogP contribution in [0.3, 0.4) is 0 Å². The summed E-state index contributed by atoms with van der Waals surface area (Å²) in [4.78, 5) is 10.1. The van der Waals surface area contributed by atoms with E-state index in [4.69, 9.17) is 4.98 Å². The summed E-state index contributed by atoms with van der Waals surface area (Å²) in [7, 11) is -1.28. The number of rotatable bonds is 7. The van der Waals surface area contributed by atoms with E-state index in [0.717, 1.165) is 33.7 Å². The van der Waals surface area contributed by atoms with Crippen LogP contribution in [0.25, 0.3) is 81.4 Å². The minimum absolute atomic E-state index is 0. The second-order valence-electron chi connectivity index (χ2n) is 19.7. The van der Waals surface area contributed by atoms with Crippen LogP contribution in [0.1, 0.15) is 77.0 Å². The molecule has 1 radical (unpaired) electrons. The summed E-state index contributed by atoms with van der Waals surface area (Å²) in [5.41, 5.74) is 13.0. The third-order valence-corrected chi connectivity index (χ3v) is 15.6. The average molecular weight is 1060 g/mol. The van der Waals surface area contributed by atoms with Crippen molar-refractivity contribution >= 4 is 66.6 Å². The molecule has 329 valence electrons. The van der Waals surface area contributed by atoms with E-state index in [2.05, 4.69) is 229 Å². The predicted octanol–water partition coefficient (Wildman–Crippen LogP) is 16.3. The van der Waals surface area contributed by atoms with Crippen LogP contribution in [-0.2, 0) is 25.5 Å². The van der Waals surface area contributed by atoms with Crippen LogP contribution in [0, 0.1) is 12.1 Å². The molecule has 3 nitrogen and oxygen atoms in total. The van der Waals surface area contributed by atoms with Crippen molar-refractivity contribution in [1.82, 2.24) is 14.5 Å². The summed E-state index contributed by atoms with van der Waals surface area (Å²) >= 11 is 1.86. The Hall–Kier alpha value is -5.49. The maximum Gasteiger partial charge on any atom is 0.0795 e. The Labute approximate surface area is 404 Å². The fraction of sp³-hybridized carbons (Fsp3) is 0.220. The smallest absolute Gasteiger partial charge is 0.0795 e. The van der Waals surface area contributed by atoms with E-state index in [0.29, 0.717) is 11.8 Å². The summed E-state index contributed by atoms with van der Waals surface area (Å²) in [5, 5.41) is 6.48. The molecule has 0 aliphatic rings. The predicted molar refractivity (Wildman–Crippen MR) is 280 cm³/mol. The zero-order valence-corrected chi connectivity index (χ0v) is 43.4. The molecule has 0 aliphatic carbocycles. The molecule has 0 spiro atoms. The zero-order valence-electron chi connectivity index (χ0n) is 39.2. The second-order valence-corrected chi connectivity index (χ2v) is 25.8. The van der Waals surface area contributed by atoms with Gasteiger partial charge in [-0.15, -0.1) is 46.8 Å². The number of thiophene rings is 1. The van der Waals surface area contributed by atoms with Gasteiger partial charge in [0.25, 0.3) is 0 Å². The van der Waals surface area contributed by atoms with E-state index < -0.39 is 8.07 Å². The van der Waals surface area contributed by atoms with Crippen LogP contribution in [0.15, 0.2) is 152 Å². The minimum Gasteiger partial charge on any atom is -0.333 e. The number of para-hydroxylation sites is 2. The van der Waals surface area contributed by atoms with Gasteiger partial charge >= 0.3 is 0 Å². The van der Waals surface area contributed by atoms with Gasteiger partial charge < -0.3 is 9.55 Å². The van der Waals surface area contributed by atoms with Gasteiger partial charge in [0, 0.05) is 36.7 Å². The summed E-state index contributed by atoms with van der Waals surface area (Å²) in [6.07, 6.45) is 2.04. The average Bonchev–Trinajstić information content (AvgIpc) is 3.87. The van der Waals surface area contributed by atoms with Gasteiger partial charge in [0.15, 0.2) is 0 Å². The van der Waals surface area contributed by atoms with E-state index in [1.807, 2.05) is 23.6 Å². The van der Waals surface area contributed by atoms with Crippen molar-refractivity contribution in [2.75, 3.05) is 0 Å². The topological polar surface area (TPSA) is 30.7 Å². The molecule has 0 aliphatic heterocycles. The van der Waals surface area contributed by atoms with Crippen LogP contribution < -0.4 is 5.19 Å². The van der Waals surface area contributed by atoms with Crippen molar-refractivity contribution in [2.24, 2.45) is 0 Å². The number of benzene rings is 7. The maximum absolute atomic E-state index is 5.39. The van der Waals surface area contributed by atoms with Crippen LogP contribution in [0.2, 0.25) is 19.6 Å². The molecule has 0 bridgehead atoms. The van der Waals surface area contributed by atoms with Gasteiger partial charge in [0.05, 0.1) is 24.9 Å². The third-order valence-electron chi connectivity index (χ3n) is 12.4. The number of hydrogen-bond donors (Lipinski definition) is 0. The Bertz CT molecular complexity index is 3260. The van der Waals surface area contributed by atoms with E-state index in [-0.39, 0.29) is 25.5 Å². The number of hydrogen-bond acceptors (Lipinski definition) is 3. The molecule has 0 fully saturated rings. The van der Waals surface area contributed by atoms with Crippen LogP contribution in [0.4, 0.5) is 0 Å². The van der Waals surface area contributed by atoms with E-state index >= 15 is 0 Å². The van der Waals surface area contributed by atoms with Crippen molar-refractivity contribution < 1.29 is 20.1 Å². The standard InChI is InChI=1S/C41H39N2S.C18H18NSi.Ir/c1-25(2)31-23-28(27-15-9-8-10-16-27)24-32(26(3)4)38(31)43-35-19-13-12-18-34(35)42-40(43)30-21-22-33(41(5,6)7)37-29-17-11-14-20-36(29)44-39(30)37;1-20(2,3)15-11-12-18(19-13-15)17-10-6-8-14-7-4-5-9-16(14)17;/h8-20,22-26H,1-7H3;4-9,11-13H,1-3H3;/q2*-1;. The summed E-state index contributed by atoms with van der Waals surface area (Å²) < 4.78 is 5.00. The first-order valence-electron chi connectivity index (χ1n) is 22.6. The number of nitrogens with zero attached hydrogens (tertiary/aromatic N) is 3. The first kappa shape index (κ1) is 46.1. The molecule has 0 amide bonds. The number of aromatic nitrogens is 3. The first-order chi connectivity index (χ1) is 30.7. The zero-order chi connectivity index (χ0) is 44.9. The second kappa shape index (κ2) is 18.4. The van der Waals surface area contributed by atoms with Crippen LogP contribution >= 0.6 is 11.3 Å². The third kappa shape index (κ3) is 8.95. The molecule has 10 aromatic rings. The van der Waals surface area contributed by atoms with Gasteiger partial charge in [-0.25, -0.2) is 0 Å². The van der Waals surface area contributed by atoms with Crippen molar-refractivity contribution in [2.45, 2.75) is 85.4 Å². The first-order valence-corrected chi connectivity index (χ1v) is 26.9. The molecule has 0 unspecified atom stereocenters. The number of fused-ring (bicyclic) bond motifs is 5. The van der Waals surface area contributed by atoms with Gasteiger partial charge in [-0.2, -0.15) is 11.3 Å². The monoisotopic (exact) mass is 1060 g/mol. The van der Waals surface area contributed by atoms with Crippen LogP contribution in [-0.4, -0.2) is 22.6 Å². The Kier molecular flexibility index (Phi) is 13.0. The minimum atomic E-state index is -1.28. The molecular weight excluding hydrogens is 1000 g/mol. The Morgan fingerprint density at radius 1 is 0.662 bits per heavy atom. The van der Waals surface area contributed by atoms with E-state index in [9.17, 15) is 0 Å². The Balaban J connectivity index is 0.000000230. The normalized spacial score (nSPS) is 12.0. The Morgan fingerprint density at radius 3 is 1.97 bits per heavy atom. The quantitative estimate of drug-likeness (QED) is 0.118. The van der Waals surface area contributed by atoms with Gasteiger partial charge in [0.1, 0.15) is 0 Å². The SMILES string of the molecule is CC(C)c1cc(-c2ccccc2)cc(C(C)C)c1-n1c(-c2[c-]cc(C(C)(C)C)c3c2sc2ccccc23)nc2ccccc21.C[Si](C)(C)c1ccc(-c2[c-]ccc3ccccc23)nc1.[Ir]. The fourth-order valence-electron chi connectivity index (χ4n) is 8.92. The van der Waals surface area contributed by atoms with Gasteiger partial charge in [0.2, 0.25) is 0 Å².